The minimum atomic E-state index is 0.556. The number of hydrogen-bond acceptors (Lipinski definition) is 4. The summed E-state index contributed by atoms with van der Waals surface area (Å²) < 4.78 is 5.47. The summed E-state index contributed by atoms with van der Waals surface area (Å²) in [7, 11) is 1.82. The van der Waals surface area contributed by atoms with Gasteiger partial charge in [-0.3, -0.25) is 4.98 Å². The summed E-state index contributed by atoms with van der Waals surface area (Å²) >= 11 is 0. The average molecular weight is 209 g/mol. The number of nitrogens with zero attached hydrogens (tertiary/aromatic N) is 2. The molecule has 1 heterocycles. The number of ether oxygens (including phenoxy) is 1. The molecular weight excluding hydrogens is 190 g/mol. The molecule has 1 rings (SSSR count). The van der Waals surface area contributed by atoms with E-state index in [0.29, 0.717) is 6.61 Å². The third kappa shape index (κ3) is 4.74. The quantitative estimate of drug-likeness (QED) is 0.699. The lowest BCUT2D eigenvalue weighted by atomic mass is 10.3. The maximum Gasteiger partial charge on any atom is 0.144 e. The topological polar surface area (TPSA) is 47.0 Å². The van der Waals surface area contributed by atoms with E-state index in [4.69, 9.17) is 4.74 Å². The van der Waals surface area contributed by atoms with Crippen molar-refractivity contribution in [1.29, 1.82) is 0 Å². The summed E-state index contributed by atoms with van der Waals surface area (Å²) in [5, 5.41) is 2.92. The normalized spacial score (nSPS) is 10.3. The van der Waals surface area contributed by atoms with Gasteiger partial charge >= 0.3 is 0 Å². The third-order valence-corrected chi connectivity index (χ3v) is 2.10. The first kappa shape index (κ1) is 11.9. The molecule has 0 fully saturated rings. The van der Waals surface area contributed by atoms with Crippen molar-refractivity contribution in [3.05, 3.63) is 18.1 Å². The Morgan fingerprint density at radius 2 is 2.13 bits per heavy atom. The molecule has 0 aliphatic carbocycles. The van der Waals surface area contributed by atoms with Gasteiger partial charge in [-0.25, -0.2) is 4.98 Å². The summed E-state index contributed by atoms with van der Waals surface area (Å²) in [4.78, 5) is 8.38. The highest BCUT2D eigenvalue weighted by Gasteiger charge is 1.96. The zero-order valence-corrected chi connectivity index (χ0v) is 9.49. The van der Waals surface area contributed by atoms with Crippen molar-refractivity contribution in [2.24, 2.45) is 0 Å². The van der Waals surface area contributed by atoms with Crippen molar-refractivity contribution in [2.75, 3.05) is 19.0 Å². The summed E-state index contributed by atoms with van der Waals surface area (Å²) in [6.07, 6.45) is 7.03. The lowest BCUT2D eigenvalue weighted by Gasteiger charge is -2.03. The summed E-state index contributed by atoms with van der Waals surface area (Å²) in [5.74, 6) is 0.782. The molecule has 0 saturated heterocycles. The second kappa shape index (κ2) is 7.17. The predicted octanol–water partition coefficient (Wildman–Crippen LogP) is 2.23. The molecule has 0 aliphatic heterocycles. The van der Waals surface area contributed by atoms with Crippen molar-refractivity contribution < 1.29 is 4.74 Å². The van der Waals surface area contributed by atoms with E-state index >= 15 is 0 Å². The molecule has 0 radical (unpaired) electrons. The molecule has 4 heteroatoms. The number of hydrogen-bond donors (Lipinski definition) is 1. The van der Waals surface area contributed by atoms with Crippen LogP contribution in [0.1, 0.15) is 31.9 Å². The zero-order valence-electron chi connectivity index (χ0n) is 9.49. The minimum absolute atomic E-state index is 0.556. The van der Waals surface area contributed by atoms with Crippen LogP contribution in [0.4, 0.5) is 5.82 Å². The largest absolute Gasteiger partial charge is 0.375 e. The molecule has 0 amide bonds. The van der Waals surface area contributed by atoms with Crippen molar-refractivity contribution in [3.63, 3.8) is 0 Å². The van der Waals surface area contributed by atoms with E-state index in [1.807, 2.05) is 7.05 Å². The number of nitrogens with one attached hydrogen (secondary N) is 1. The fourth-order valence-corrected chi connectivity index (χ4v) is 1.19. The van der Waals surface area contributed by atoms with Crippen molar-refractivity contribution in [3.8, 4) is 0 Å². The highest BCUT2D eigenvalue weighted by Crippen LogP contribution is 2.02. The molecule has 4 nitrogen and oxygen atoms in total. The van der Waals surface area contributed by atoms with E-state index in [2.05, 4.69) is 22.2 Å². The Kier molecular flexibility index (Phi) is 5.70. The van der Waals surface area contributed by atoms with E-state index < -0.39 is 0 Å². The predicted molar refractivity (Wildman–Crippen MR) is 60.8 cm³/mol. The monoisotopic (exact) mass is 209 g/mol. The molecule has 0 aliphatic rings. The maximum absolute atomic E-state index is 5.47. The Balaban J connectivity index is 2.20. The van der Waals surface area contributed by atoms with Gasteiger partial charge < -0.3 is 10.1 Å². The molecular formula is C11H19N3O. The fourth-order valence-electron chi connectivity index (χ4n) is 1.19. The van der Waals surface area contributed by atoms with Gasteiger partial charge in [-0.1, -0.05) is 19.8 Å². The van der Waals surface area contributed by atoms with E-state index in [1.165, 1.54) is 12.8 Å². The number of anilines is 1. The average Bonchev–Trinajstić information content (AvgIpc) is 2.30. The van der Waals surface area contributed by atoms with Crippen LogP contribution in [0.5, 0.6) is 0 Å². The molecule has 0 atom stereocenters. The molecule has 1 aromatic rings. The van der Waals surface area contributed by atoms with E-state index in [-0.39, 0.29) is 0 Å². The number of aromatic nitrogens is 2. The molecule has 0 bridgehead atoms. The van der Waals surface area contributed by atoms with Gasteiger partial charge in [-0.05, 0) is 6.42 Å². The molecule has 15 heavy (non-hydrogen) atoms. The van der Waals surface area contributed by atoms with Crippen LogP contribution >= 0.6 is 0 Å². The first-order valence-electron chi connectivity index (χ1n) is 5.43. The molecule has 0 aromatic carbocycles. The van der Waals surface area contributed by atoms with E-state index in [9.17, 15) is 0 Å². The van der Waals surface area contributed by atoms with Crippen molar-refractivity contribution >= 4 is 5.82 Å². The van der Waals surface area contributed by atoms with Gasteiger partial charge in [-0.2, -0.15) is 0 Å². The van der Waals surface area contributed by atoms with Crippen LogP contribution in [0.15, 0.2) is 12.4 Å². The smallest absolute Gasteiger partial charge is 0.144 e. The Hall–Kier alpha value is -1.16. The lowest BCUT2D eigenvalue weighted by Crippen LogP contribution is -2.00. The van der Waals surface area contributed by atoms with Crippen LogP contribution in [0, 0.1) is 0 Å². The summed E-state index contributed by atoms with van der Waals surface area (Å²) in [5.41, 5.74) is 0.880. The maximum atomic E-state index is 5.47. The van der Waals surface area contributed by atoms with Crippen LogP contribution in [-0.2, 0) is 11.3 Å². The van der Waals surface area contributed by atoms with Crippen molar-refractivity contribution in [2.45, 2.75) is 32.8 Å². The molecule has 0 spiro atoms. The number of rotatable bonds is 7. The second-order valence-corrected chi connectivity index (χ2v) is 3.40. The molecule has 0 saturated carbocycles. The number of unbranched alkanes of at least 4 members (excludes halogenated alkanes) is 2. The minimum Gasteiger partial charge on any atom is -0.375 e. The standard InChI is InChI=1S/C11H19N3O/c1-3-4-5-6-15-9-10-7-14-11(12-2)8-13-10/h7-8H,3-6,9H2,1-2H3,(H,12,14). The first-order valence-corrected chi connectivity index (χ1v) is 5.43. The molecule has 0 unspecified atom stereocenters. The fraction of sp³-hybridized carbons (Fsp3) is 0.636. The van der Waals surface area contributed by atoms with E-state index in [0.717, 1.165) is 24.5 Å². The highest BCUT2D eigenvalue weighted by atomic mass is 16.5. The molecule has 1 N–H and O–H groups in total. The van der Waals surface area contributed by atoms with E-state index in [1.54, 1.807) is 12.4 Å². The van der Waals surface area contributed by atoms with Crippen LogP contribution in [0.2, 0.25) is 0 Å². The summed E-state index contributed by atoms with van der Waals surface area (Å²) in [6, 6.07) is 0. The van der Waals surface area contributed by atoms with Crippen LogP contribution in [-0.4, -0.2) is 23.6 Å². The third-order valence-electron chi connectivity index (χ3n) is 2.10. The van der Waals surface area contributed by atoms with Gasteiger partial charge in [0.25, 0.3) is 0 Å². The van der Waals surface area contributed by atoms with Gasteiger partial charge in [0.05, 0.1) is 24.7 Å². The first-order chi connectivity index (χ1) is 7.36. The van der Waals surface area contributed by atoms with Crippen LogP contribution in [0.25, 0.3) is 0 Å². The van der Waals surface area contributed by atoms with Crippen LogP contribution < -0.4 is 5.32 Å². The zero-order chi connectivity index (χ0) is 10.9. The Morgan fingerprint density at radius 1 is 1.27 bits per heavy atom. The lowest BCUT2D eigenvalue weighted by molar-refractivity contribution is 0.114. The highest BCUT2D eigenvalue weighted by molar-refractivity contribution is 5.29. The van der Waals surface area contributed by atoms with Gasteiger partial charge in [0.1, 0.15) is 5.82 Å². The van der Waals surface area contributed by atoms with Crippen LogP contribution in [0.3, 0.4) is 0 Å². The SMILES string of the molecule is CCCCCOCc1cnc(NC)cn1. The molecule has 84 valence electrons. The van der Waals surface area contributed by atoms with Gasteiger partial charge in [0.2, 0.25) is 0 Å². The van der Waals surface area contributed by atoms with Crippen molar-refractivity contribution in [1.82, 2.24) is 9.97 Å². The molecule has 1 aromatic heterocycles. The Morgan fingerprint density at radius 3 is 2.73 bits per heavy atom. The Labute approximate surface area is 91.1 Å². The Bertz CT molecular complexity index is 261. The second-order valence-electron chi connectivity index (χ2n) is 3.40. The van der Waals surface area contributed by atoms with Gasteiger partial charge in [0, 0.05) is 13.7 Å². The van der Waals surface area contributed by atoms with Gasteiger partial charge in [-0.15, -0.1) is 0 Å². The summed E-state index contributed by atoms with van der Waals surface area (Å²) in [6.45, 7) is 3.55. The van der Waals surface area contributed by atoms with Gasteiger partial charge in [0.15, 0.2) is 0 Å².